The molecule has 296 valence electrons. The lowest BCUT2D eigenvalue weighted by atomic mass is 9.91. The van der Waals surface area contributed by atoms with Crippen LogP contribution in [0.15, 0.2) is 0 Å². The van der Waals surface area contributed by atoms with Gasteiger partial charge in [0.25, 0.3) is 0 Å². The van der Waals surface area contributed by atoms with E-state index in [1.165, 1.54) is 64.7 Å². The largest absolute Gasteiger partial charge is 0.465 e. The van der Waals surface area contributed by atoms with Gasteiger partial charge in [0.15, 0.2) is 0 Å². The van der Waals surface area contributed by atoms with Crippen molar-refractivity contribution < 1.29 is 53.1 Å². The first kappa shape index (κ1) is 51.8. The fraction of sp³-hybridized carbons (Fsp3) is 0.872. The first-order valence-corrected chi connectivity index (χ1v) is 18.7. The first-order chi connectivity index (χ1) is 23.3. The van der Waals surface area contributed by atoms with Gasteiger partial charge in [0.1, 0.15) is 38.1 Å². The molecule has 0 heterocycles. The van der Waals surface area contributed by atoms with E-state index in [1.54, 1.807) is 27.7 Å². The predicted molar refractivity (Wildman–Crippen MR) is 196 cm³/mol. The fourth-order valence-corrected chi connectivity index (χ4v) is 3.54. The molecule has 0 bridgehead atoms. The van der Waals surface area contributed by atoms with Crippen LogP contribution in [-0.4, -0.2) is 79.0 Å². The van der Waals surface area contributed by atoms with Crippen LogP contribution in [0.5, 0.6) is 0 Å². The quantitative estimate of drug-likeness (QED) is 0.0412. The van der Waals surface area contributed by atoms with Crippen LogP contribution >= 0.6 is 0 Å². The van der Waals surface area contributed by atoms with Crippen molar-refractivity contribution in [3.63, 3.8) is 0 Å². The minimum absolute atomic E-state index is 0.0162. The van der Waals surface area contributed by atoms with E-state index >= 15 is 0 Å². The number of rotatable bonds is 25. The highest BCUT2D eigenvalue weighted by molar-refractivity contribution is 5.94. The van der Waals surface area contributed by atoms with Crippen LogP contribution in [0, 0.1) is 16.2 Å². The number of hydrogen-bond acceptors (Lipinski definition) is 11. The molecule has 0 aromatic rings. The predicted octanol–water partition coefficient (Wildman–Crippen LogP) is 7.69. The molecule has 0 aliphatic heterocycles. The van der Waals surface area contributed by atoms with Crippen molar-refractivity contribution >= 4 is 29.7 Å². The number of unbranched alkanes of at least 4 members (excludes halogenated alkanes) is 9. The zero-order chi connectivity index (χ0) is 39.2. The summed E-state index contributed by atoms with van der Waals surface area (Å²) in [5.41, 5.74) is -1.36. The normalized spacial score (nSPS) is 11.9. The molecule has 11 nitrogen and oxygen atoms in total. The maximum atomic E-state index is 11.7. The minimum Gasteiger partial charge on any atom is -0.465 e. The van der Waals surface area contributed by atoms with Crippen LogP contribution in [0.4, 0.5) is 0 Å². The molecule has 50 heavy (non-hydrogen) atoms. The summed E-state index contributed by atoms with van der Waals surface area (Å²) in [5.74, 6) is -1.55. The van der Waals surface area contributed by atoms with E-state index in [-0.39, 0.29) is 62.0 Å². The Labute approximate surface area is 303 Å². The fourth-order valence-electron chi connectivity index (χ4n) is 3.54. The lowest BCUT2D eigenvalue weighted by molar-refractivity contribution is -0.159. The van der Waals surface area contributed by atoms with Gasteiger partial charge >= 0.3 is 23.9 Å². The summed E-state index contributed by atoms with van der Waals surface area (Å²) in [6.45, 7) is 20.5. The van der Waals surface area contributed by atoms with Crippen molar-refractivity contribution in [2.24, 2.45) is 16.2 Å². The van der Waals surface area contributed by atoms with Gasteiger partial charge < -0.3 is 29.2 Å². The lowest BCUT2D eigenvalue weighted by Gasteiger charge is -2.21. The summed E-state index contributed by atoms with van der Waals surface area (Å²) in [6.07, 6.45) is 14.1. The van der Waals surface area contributed by atoms with Crippen LogP contribution < -0.4 is 0 Å². The molecule has 0 rings (SSSR count). The molecule has 0 aromatic heterocycles. The number of aliphatic hydroxyl groups is 2. The smallest absolute Gasteiger partial charge is 0.313 e. The second kappa shape index (κ2) is 30.1. The number of esters is 4. The number of carbonyl (C=O) groups is 5. The van der Waals surface area contributed by atoms with E-state index in [1.807, 2.05) is 34.6 Å². The number of ketones is 1. The first-order valence-electron chi connectivity index (χ1n) is 18.7. The van der Waals surface area contributed by atoms with Gasteiger partial charge in [-0.05, 0) is 74.1 Å². The molecule has 0 aliphatic carbocycles. The van der Waals surface area contributed by atoms with Gasteiger partial charge in [-0.15, -0.1) is 0 Å². The summed E-state index contributed by atoms with van der Waals surface area (Å²) in [5, 5.41) is 17.4. The maximum Gasteiger partial charge on any atom is 0.313 e. The topological polar surface area (TPSA) is 163 Å². The summed E-state index contributed by atoms with van der Waals surface area (Å²) in [7, 11) is 0. The standard InChI is InChI=1S/C18H36O2.C12H20O5.C9H18O4/c1-5-7-8-9-10-11-12-13-14-15-16-20-17(19)18(3,4)6-2;1-5-12(3,4)11(15)17-7-6-16-10(14)8-9(2)13;1-4-9(2,3)8(12)13-6-7(11)5-10/h5-16H2,1-4H3;5-8H2,1-4H3;7,10-11H,4-6H2,1-3H3. The zero-order valence-electron chi connectivity index (χ0n) is 33.6. The molecule has 0 radical (unpaired) electrons. The van der Waals surface area contributed by atoms with Gasteiger partial charge in [0, 0.05) is 0 Å². The Morgan fingerprint density at radius 3 is 1.28 bits per heavy atom. The Hall–Kier alpha value is -2.53. The van der Waals surface area contributed by atoms with Crippen LogP contribution in [0.3, 0.4) is 0 Å². The summed E-state index contributed by atoms with van der Waals surface area (Å²) >= 11 is 0. The molecule has 0 aromatic carbocycles. The van der Waals surface area contributed by atoms with Gasteiger partial charge in [0.2, 0.25) is 0 Å². The second-order valence-corrected chi connectivity index (χ2v) is 14.7. The third-order valence-electron chi connectivity index (χ3n) is 8.63. The van der Waals surface area contributed by atoms with Crippen molar-refractivity contribution in [1.29, 1.82) is 0 Å². The van der Waals surface area contributed by atoms with E-state index in [4.69, 9.17) is 29.2 Å². The molecule has 0 fully saturated rings. The van der Waals surface area contributed by atoms with Gasteiger partial charge in [-0.25, -0.2) is 0 Å². The summed E-state index contributed by atoms with van der Waals surface area (Å²) in [4.78, 5) is 56.1. The van der Waals surface area contributed by atoms with E-state index in [9.17, 15) is 24.0 Å². The van der Waals surface area contributed by atoms with Crippen LogP contribution in [-0.2, 0) is 42.9 Å². The monoisotopic (exact) mass is 719 g/mol. The molecule has 2 N–H and O–H groups in total. The van der Waals surface area contributed by atoms with Gasteiger partial charge in [-0.2, -0.15) is 0 Å². The highest BCUT2D eigenvalue weighted by Gasteiger charge is 2.28. The lowest BCUT2D eigenvalue weighted by Crippen LogP contribution is -2.30. The maximum absolute atomic E-state index is 11.7. The van der Waals surface area contributed by atoms with Crippen LogP contribution in [0.25, 0.3) is 0 Å². The Morgan fingerprint density at radius 1 is 0.540 bits per heavy atom. The number of ether oxygens (including phenoxy) is 4. The molecule has 0 saturated heterocycles. The van der Waals surface area contributed by atoms with E-state index in [0.29, 0.717) is 19.4 Å². The van der Waals surface area contributed by atoms with Crippen molar-refractivity contribution in [2.75, 3.05) is 33.0 Å². The van der Waals surface area contributed by atoms with E-state index in [0.717, 1.165) is 12.8 Å². The number of carbonyl (C=O) groups excluding carboxylic acids is 5. The molecule has 0 aliphatic rings. The molecule has 0 amide bonds. The molecule has 0 spiro atoms. The average molecular weight is 719 g/mol. The Kier molecular flexibility index (Phi) is 31.2. The molecule has 0 saturated carbocycles. The molecular weight excluding hydrogens is 644 g/mol. The Morgan fingerprint density at radius 2 is 0.900 bits per heavy atom. The third kappa shape index (κ3) is 29.2. The highest BCUT2D eigenvalue weighted by atomic mass is 16.6. The SMILES string of the molecule is CCC(C)(C)C(=O)OCC(O)CO.CCC(C)(C)C(=O)OCCOC(=O)CC(C)=O.CCCCCCCCCCCCOC(=O)C(C)(C)CC. The molecule has 11 heteroatoms. The van der Waals surface area contributed by atoms with Crippen molar-refractivity contribution in [1.82, 2.24) is 0 Å². The number of Topliss-reactive ketones (excluding diaryl/α,β-unsaturated/α-hetero) is 1. The molecule has 1 unspecified atom stereocenters. The van der Waals surface area contributed by atoms with Gasteiger partial charge in [-0.3, -0.25) is 24.0 Å². The Bertz CT molecular complexity index is 925. The van der Waals surface area contributed by atoms with Crippen LogP contribution in [0.2, 0.25) is 0 Å². The van der Waals surface area contributed by atoms with Crippen LogP contribution in [0.1, 0.15) is 166 Å². The summed E-state index contributed by atoms with van der Waals surface area (Å²) < 4.78 is 19.8. The average Bonchev–Trinajstić information content (AvgIpc) is 3.07. The summed E-state index contributed by atoms with van der Waals surface area (Å²) in [6, 6.07) is 0. The zero-order valence-corrected chi connectivity index (χ0v) is 33.6. The van der Waals surface area contributed by atoms with Crippen molar-refractivity contribution in [3.05, 3.63) is 0 Å². The van der Waals surface area contributed by atoms with Crippen molar-refractivity contribution in [2.45, 2.75) is 172 Å². The van der Waals surface area contributed by atoms with E-state index < -0.39 is 22.9 Å². The number of aliphatic hydroxyl groups excluding tert-OH is 2. The van der Waals surface area contributed by atoms with Gasteiger partial charge in [-0.1, -0.05) is 85.5 Å². The third-order valence-corrected chi connectivity index (χ3v) is 8.63. The van der Waals surface area contributed by atoms with E-state index in [2.05, 4.69) is 6.92 Å². The minimum atomic E-state index is -0.975. The number of hydrogen-bond donors (Lipinski definition) is 2. The molecular formula is C39H74O11. The Balaban J connectivity index is -0.000000678. The van der Waals surface area contributed by atoms with Gasteiger partial charge in [0.05, 0.1) is 29.5 Å². The second-order valence-electron chi connectivity index (χ2n) is 14.7. The van der Waals surface area contributed by atoms with Crippen molar-refractivity contribution in [3.8, 4) is 0 Å². The highest BCUT2D eigenvalue weighted by Crippen LogP contribution is 2.23. The molecule has 1 atom stereocenters.